The van der Waals surface area contributed by atoms with Gasteiger partial charge in [0, 0.05) is 0 Å². The first-order valence-electron chi connectivity index (χ1n) is 21.1. The minimum absolute atomic E-state index is 0.999. The van der Waals surface area contributed by atoms with E-state index in [1.165, 1.54) is 0 Å². The third-order valence-corrected chi connectivity index (χ3v) is 12.7. The maximum Gasteiger partial charge on any atom is 0.187 e. The van der Waals surface area contributed by atoms with Crippen LogP contribution >= 0.6 is 0 Å². The second kappa shape index (κ2) is 22.1. The molecule has 0 amide bonds. The Bertz CT molecular complexity index is 1230. The Kier molecular flexibility index (Phi) is 17.6. The van der Waals surface area contributed by atoms with Crippen molar-refractivity contribution in [2.45, 2.75) is 184 Å². The molecule has 12 bridgehead atoms. The van der Waals surface area contributed by atoms with Gasteiger partial charge in [-0.15, -0.1) is 0 Å². The summed E-state index contributed by atoms with van der Waals surface area (Å²) < 4.78 is 67.9. The van der Waals surface area contributed by atoms with Crippen LogP contribution in [-0.2, 0) is 56.8 Å². The molecule has 66 heavy (non-hydrogen) atoms. The molecule has 22 aliphatic rings. The van der Waals surface area contributed by atoms with Crippen LogP contribution < -0.4 is 0 Å². The SMILES string of the molecule is OC[C@H]1O[C@H]2O[C@H]3[C@H](O)[C@@H](O)[C@H](O[C@H]4[C@H](O)[C@@H](O)[C@H](O[C@H]5[C@H](O)[C@@H](O)[C@H](O[C@H]6[C@H](O)[C@@H](O)[C@H](O[C@H]7[C@H](O)[C@@H](O)[C@H](O[C@H]1[C@H](O)[C@H]2O)O[C@@H]7CO)O[C@@H]6CO)O[C@@H]5CO)O[C@@H]4CO)O[C@@H]3CO. The van der Waals surface area contributed by atoms with E-state index in [1.807, 2.05) is 0 Å². The lowest BCUT2D eigenvalue weighted by atomic mass is 9.94. The first-order valence-corrected chi connectivity index (χ1v) is 21.1. The van der Waals surface area contributed by atoms with Crippen LogP contribution in [0.4, 0.5) is 0 Å². The standard InChI is InChI=1S/C36H60O30/c37-1-7-25-13(43)19(49)31(55-7)62-26-8(2-38)57-33(21(51)15(26)45)64-28-10(4-40)59-35(23(53)17(28)47)66-30-12(6-42)60-36(24(54)18(30)48)65-29-11(5-41)58-34(22(52)16(29)46)63-27-9(3-39)56-32(61-25)20(50)14(27)44/h7-54H,1-6H2/t7-,8-,9-,10-,11-,12-,13-,14-,15-,16-,17-,18-,19-,20-,21-,22-,23-,24-,25-,26-,27-,28-,29-,30-,31+,32+,33+,34+,35+,36+/m1/s1. The molecule has 30 nitrogen and oxygen atoms in total. The predicted octanol–water partition coefficient (Wildman–Crippen LogP) is -13.1. The summed E-state index contributed by atoms with van der Waals surface area (Å²) >= 11 is 0. The van der Waals surface area contributed by atoms with E-state index in [1.54, 1.807) is 0 Å². The fourth-order valence-electron chi connectivity index (χ4n) is 8.93. The number of hydrogen-bond donors (Lipinski definition) is 18. The van der Waals surface area contributed by atoms with Gasteiger partial charge in [-0.25, -0.2) is 0 Å². The monoisotopic (exact) mass is 972 g/mol. The third kappa shape index (κ3) is 10.0. The zero-order valence-corrected chi connectivity index (χ0v) is 34.5. The molecule has 22 fully saturated rings. The Hall–Kier alpha value is -1.20. The summed E-state index contributed by atoms with van der Waals surface area (Å²) in [6.07, 6.45) is -58.5. The van der Waals surface area contributed by atoms with Gasteiger partial charge in [0.1, 0.15) is 146 Å². The van der Waals surface area contributed by atoms with Crippen LogP contribution in [0.1, 0.15) is 0 Å². The topological polar surface area (TPSA) is 475 Å². The molecular weight excluding hydrogens is 912 g/mol. The molecule has 18 N–H and O–H groups in total. The van der Waals surface area contributed by atoms with Crippen LogP contribution in [0.2, 0.25) is 0 Å². The second-order valence-electron chi connectivity index (χ2n) is 16.8. The molecule has 0 aromatic rings. The van der Waals surface area contributed by atoms with Crippen LogP contribution in [0.3, 0.4) is 0 Å². The molecule has 0 saturated carbocycles. The van der Waals surface area contributed by atoms with E-state index in [4.69, 9.17) is 56.8 Å². The molecule has 22 heterocycles. The number of aliphatic hydroxyl groups is 18. The molecule has 384 valence electrons. The van der Waals surface area contributed by atoms with Gasteiger partial charge < -0.3 is 149 Å². The summed E-state index contributed by atoms with van der Waals surface area (Å²) in [4.78, 5) is 0. The summed E-state index contributed by atoms with van der Waals surface area (Å²) in [7, 11) is 0. The highest BCUT2D eigenvalue weighted by atomic mass is 16.8. The normalized spacial score (nSPS) is 55.4. The first kappa shape index (κ1) is 52.6. The van der Waals surface area contributed by atoms with Crippen LogP contribution in [0.25, 0.3) is 0 Å². The number of hydrogen-bond acceptors (Lipinski definition) is 30. The molecule has 22 rings (SSSR count). The average Bonchev–Trinajstić information content (AvgIpc) is 3.31. The van der Waals surface area contributed by atoms with Gasteiger partial charge in [0.2, 0.25) is 0 Å². The second-order valence-corrected chi connectivity index (χ2v) is 16.8. The smallest absolute Gasteiger partial charge is 0.187 e. The maximum absolute atomic E-state index is 11.2. The van der Waals surface area contributed by atoms with Crippen LogP contribution in [0, 0.1) is 0 Å². The molecule has 0 aliphatic carbocycles. The Morgan fingerprint density at radius 3 is 0.409 bits per heavy atom. The minimum Gasteiger partial charge on any atom is -0.394 e. The number of rotatable bonds is 6. The molecule has 0 aromatic carbocycles. The average molecular weight is 973 g/mol. The van der Waals surface area contributed by atoms with E-state index in [0.29, 0.717) is 0 Å². The van der Waals surface area contributed by atoms with Gasteiger partial charge in [-0.3, -0.25) is 0 Å². The summed E-state index contributed by atoms with van der Waals surface area (Å²) in [5, 5.41) is 196. The molecule has 30 atom stereocenters. The summed E-state index contributed by atoms with van der Waals surface area (Å²) in [6.45, 7) is -5.99. The molecule has 0 unspecified atom stereocenters. The van der Waals surface area contributed by atoms with E-state index >= 15 is 0 Å². The van der Waals surface area contributed by atoms with Crippen molar-refractivity contribution in [3.63, 3.8) is 0 Å². The van der Waals surface area contributed by atoms with Crippen molar-refractivity contribution in [2.24, 2.45) is 0 Å². The highest BCUT2D eigenvalue weighted by Crippen LogP contribution is 2.38. The summed E-state index contributed by atoms with van der Waals surface area (Å²) in [5.74, 6) is 0. The molecule has 30 heteroatoms. The van der Waals surface area contributed by atoms with Crippen LogP contribution in [-0.4, -0.2) is 316 Å². The van der Waals surface area contributed by atoms with Gasteiger partial charge in [-0.05, 0) is 0 Å². The minimum atomic E-state index is -2.15. The van der Waals surface area contributed by atoms with E-state index in [0.717, 1.165) is 0 Å². The van der Waals surface area contributed by atoms with Crippen molar-refractivity contribution in [3.05, 3.63) is 0 Å². The Labute approximate surface area is 372 Å². The quantitative estimate of drug-likeness (QED) is 0.117. The van der Waals surface area contributed by atoms with Crippen molar-refractivity contribution in [3.8, 4) is 0 Å². The lowest BCUT2D eigenvalue weighted by molar-refractivity contribution is -0.404. The molecule has 0 aromatic heterocycles. The maximum atomic E-state index is 11.2. The van der Waals surface area contributed by atoms with Gasteiger partial charge in [-0.2, -0.15) is 0 Å². The Morgan fingerprint density at radius 2 is 0.303 bits per heavy atom. The van der Waals surface area contributed by atoms with Crippen molar-refractivity contribution >= 4 is 0 Å². The van der Waals surface area contributed by atoms with E-state index < -0.39 is 224 Å². The van der Waals surface area contributed by atoms with Crippen molar-refractivity contribution in [2.75, 3.05) is 39.6 Å². The summed E-state index contributed by atoms with van der Waals surface area (Å²) in [5.41, 5.74) is 0. The van der Waals surface area contributed by atoms with Gasteiger partial charge in [-0.1, -0.05) is 0 Å². The zero-order chi connectivity index (χ0) is 48.0. The van der Waals surface area contributed by atoms with E-state index in [9.17, 15) is 91.9 Å². The summed E-state index contributed by atoms with van der Waals surface area (Å²) in [6, 6.07) is 0. The van der Waals surface area contributed by atoms with Crippen molar-refractivity contribution < 1.29 is 149 Å². The lowest BCUT2D eigenvalue weighted by Gasteiger charge is -2.50. The molecule has 22 saturated heterocycles. The van der Waals surface area contributed by atoms with Gasteiger partial charge in [0.15, 0.2) is 37.7 Å². The fraction of sp³-hybridized carbons (Fsp3) is 1.00. The van der Waals surface area contributed by atoms with Crippen LogP contribution in [0.15, 0.2) is 0 Å². The highest BCUT2D eigenvalue weighted by Gasteiger charge is 2.58. The lowest BCUT2D eigenvalue weighted by Crippen LogP contribution is -2.69. The Morgan fingerprint density at radius 1 is 0.182 bits per heavy atom. The Balaban J connectivity index is 1.19. The predicted molar refractivity (Wildman–Crippen MR) is 196 cm³/mol. The van der Waals surface area contributed by atoms with Gasteiger partial charge in [0.25, 0.3) is 0 Å². The molecule has 22 aliphatic heterocycles. The van der Waals surface area contributed by atoms with Gasteiger partial charge in [0.05, 0.1) is 39.6 Å². The molecular formula is C36H60O30. The molecule has 0 spiro atoms. The fourth-order valence-corrected chi connectivity index (χ4v) is 8.93. The first-order chi connectivity index (χ1) is 31.4. The van der Waals surface area contributed by atoms with E-state index in [2.05, 4.69) is 0 Å². The highest BCUT2D eigenvalue weighted by molar-refractivity contribution is 5.01. The van der Waals surface area contributed by atoms with Gasteiger partial charge >= 0.3 is 0 Å². The molecule has 0 radical (unpaired) electrons. The zero-order valence-electron chi connectivity index (χ0n) is 34.5. The van der Waals surface area contributed by atoms with E-state index in [-0.39, 0.29) is 0 Å². The van der Waals surface area contributed by atoms with Crippen molar-refractivity contribution in [1.29, 1.82) is 0 Å². The van der Waals surface area contributed by atoms with Crippen molar-refractivity contribution in [1.82, 2.24) is 0 Å². The number of ether oxygens (including phenoxy) is 12. The number of aliphatic hydroxyl groups excluding tert-OH is 18. The largest absolute Gasteiger partial charge is 0.394 e. The third-order valence-electron chi connectivity index (χ3n) is 12.7. The van der Waals surface area contributed by atoms with Crippen LogP contribution in [0.5, 0.6) is 0 Å².